The highest BCUT2D eigenvalue weighted by Crippen LogP contribution is 2.26. The predicted octanol–water partition coefficient (Wildman–Crippen LogP) is 2.10. The molecule has 1 N–H and O–H groups in total. The molecule has 0 saturated carbocycles. The number of rotatable bonds is 5. The Morgan fingerprint density at radius 2 is 2.22 bits per heavy atom. The Morgan fingerprint density at radius 1 is 1.33 bits per heavy atom. The van der Waals surface area contributed by atoms with Crippen LogP contribution < -0.4 is 0 Å². The third-order valence-corrected chi connectivity index (χ3v) is 4.85. The van der Waals surface area contributed by atoms with Crippen LogP contribution in [-0.2, 0) is 11.2 Å². The van der Waals surface area contributed by atoms with Gasteiger partial charge < -0.3 is 14.2 Å². The summed E-state index contributed by atoms with van der Waals surface area (Å²) in [6.45, 7) is 3.02. The number of methoxy groups -OCH3 is 1. The van der Waals surface area contributed by atoms with E-state index in [2.05, 4.69) is 20.3 Å². The van der Waals surface area contributed by atoms with Crippen LogP contribution >= 0.6 is 0 Å². The van der Waals surface area contributed by atoms with Gasteiger partial charge in [-0.05, 0) is 25.1 Å². The van der Waals surface area contributed by atoms with Crippen molar-refractivity contribution in [2.75, 3.05) is 20.2 Å². The number of amides is 1. The summed E-state index contributed by atoms with van der Waals surface area (Å²) in [6.07, 6.45) is 2.34. The molecule has 4 rings (SSSR count). The molecular formula is C19H21N5O3. The van der Waals surface area contributed by atoms with Crippen molar-refractivity contribution in [2.45, 2.75) is 19.4 Å². The van der Waals surface area contributed by atoms with Crippen LogP contribution in [0.3, 0.4) is 0 Å². The number of aryl methyl sites for hydroxylation is 1. The summed E-state index contributed by atoms with van der Waals surface area (Å²) in [5.41, 5.74) is 2.67. The molecule has 0 aromatic carbocycles. The van der Waals surface area contributed by atoms with Crippen LogP contribution in [0.15, 0.2) is 41.1 Å². The van der Waals surface area contributed by atoms with E-state index in [0.717, 1.165) is 17.1 Å². The lowest BCUT2D eigenvalue weighted by molar-refractivity contribution is 0.0669. The van der Waals surface area contributed by atoms with Gasteiger partial charge in [-0.25, -0.2) is 0 Å². The van der Waals surface area contributed by atoms with E-state index in [0.29, 0.717) is 30.9 Å². The fourth-order valence-electron chi connectivity index (χ4n) is 3.49. The second-order valence-electron chi connectivity index (χ2n) is 6.76. The summed E-state index contributed by atoms with van der Waals surface area (Å²) in [5, 5.41) is 11.0. The highest BCUT2D eigenvalue weighted by molar-refractivity contribution is 5.93. The van der Waals surface area contributed by atoms with E-state index in [1.807, 2.05) is 31.2 Å². The summed E-state index contributed by atoms with van der Waals surface area (Å²) >= 11 is 0. The Kier molecular flexibility index (Phi) is 4.72. The van der Waals surface area contributed by atoms with Gasteiger partial charge in [0.05, 0.1) is 17.5 Å². The van der Waals surface area contributed by atoms with Crippen molar-refractivity contribution in [3.05, 3.63) is 53.7 Å². The van der Waals surface area contributed by atoms with Gasteiger partial charge in [-0.15, -0.1) is 0 Å². The zero-order valence-corrected chi connectivity index (χ0v) is 15.3. The van der Waals surface area contributed by atoms with Gasteiger partial charge >= 0.3 is 0 Å². The molecule has 3 aromatic rings. The zero-order valence-electron chi connectivity index (χ0n) is 15.3. The summed E-state index contributed by atoms with van der Waals surface area (Å²) in [7, 11) is 1.67. The fourth-order valence-corrected chi connectivity index (χ4v) is 3.49. The minimum Gasteiger partial charge on any atom is -0.379 e. The summed E-state index contributed by atoms with van der Waals surface area (Å²) in [6, 6.07) is 9.24. The van der Waals surface area contributed by atoms with Crippen LogP contribution in [0.25, 0.3) is 11.4 Å². The first-order valence-electron chi connectivity index (χ1n) is 8.85. The number of likely N-dealkylation sites (tertiary alicyclic amines) is 1. The number of nitrogens with zero attached hydrogens (tertiary/aromatic N) is 4. The molecule has 1 amide bonds. The van der Waals surface area contributed by atoms with E-state index in [1.165, 1.54) is 0 Å². The van der Waals surface area contributed by atoms with Gasteiger partial charge in [0.15, 0.2) is 0 Å². The predicted molar refractivity (Wildman–Crippen MR) is 97.0 cm³/mol. The number of ether oxygens (including phenoxy) is 1. The van der Waals surface area contributed by atoms with Gasteiger partial charge in [-0.1, -0.05) is 11.2 Å². The smallest absolute Gasteiger partial charge is 0.271 e. The molecule has 1 aliphatic rings. The molecule has 1 fully saturated rings. The summed E-state index contributed by atoms with van der Waals surface area (Å²) < 4.78 is 10.9. The minimum absolute atomic E-state index is 0.0439. The van der Waals surface area contributed by atoms with E-state index in [4.69, 9.17) is 9.26 Å². The number of hydrogen-bond donors (Lipinski definition) is 1. The zero-order chi connectivity index (χ0) is 18.8. The number of H-pyrrole nitrogens is 1. The van der Waals surface area contributed by atoms with Gasteiger partial charge in [0, 0.05) is 44.8 Å². The molecule has 0 bridgehead atoms. The maximum absolute atomic E-state index is 12.9. The van der Waals surface area contributed by atoms with Crippen molar-refractivity contribution >= 4 is 5.91 Å². The minimum atomic E-state index is -0.0945. The normalized spacial score (nSPS) is 19.6. The largest absolute Gasteiger partial charge is 0.379 e. The van der Waals surface area contributed by atoms with E-state index in [1.54, 1.807) is 24.3 Å². The number of carbonyl (C=O) groups excluding carboxylic acids is 1. The van der Waals surface area contributed by atoms with Crippen LogP contribution in [0.2, 0.25) is 0 Å². The van der Waals surface area contributed by atoms with Crippen LogP contribution in [0.1, 0.15) is 21.9 Å². The molecule has 0 radical (unpaired) electrons. The molecule has 1 aliphatic heterocycles. The second kappa shape index (κ2) is 7.32. The van der Waals surface area contributed by atoms with E-state index >= 15 is 0 Å². The van der Waals surface area contributed by atoms with Crippen LogP contribution in [-0.4, -0.2) is 57.4 Å². The molecule has 1 saturated heterocycles. The lowest BCUT2D eigenvalue weighted by Crippen LogP contribution is -2.30. The molecule has 8 nitrogen and oxygen atoms in total. The summed E-state index contributed by atoms with van der Waals surface area (Å²) in [5.74, 6) is 0.875. The Bertz CT molecular complexity index is 920. The first-order chi connectivity index (χ1) is 13.1. The monoisotopic (exact) mass is 367 g/mol. The van der Waals surface area contributed by atoms with E-state index < -0.39 is 0 Å². The van der Waals surface area contributed by atoms with Gasteiger partial charge in [-0.3, -0.25) is 14.9 Å². The maximum Gasteiger partial charge on any atom is 0.271 e. The lowest BCUT2D eigenvalue weighted by atomic mass is 10.0. The number of aromatic nitrogens is 4. The Labute approximate surface area is 156 Å². The van der Waals surface area contributed by atoms with Crippen LogP contribution in [0.5, 0.6) is 0 Å². The Morgan fingerprint density at radius 3 is 2.93 bits per heavy atom. The number of aromatic amines is 1. The van der Waals surface area contributed by atoms with Crippen molar-refractivity contribution in [3.63, 3.8) is 0 Å². The molecule has 4 heterocycles. The molecule has 27 heavy (non-hydrogen) atoms. The SMILES string of the molecule is CO[C@H]1CN(C(=O)c2cc(-c3ccccn3)n[nH]2)C[C@H]1Cc1cc(C)no1. The van der Waals surface area contributed by atoms with E-state index in [-0.39, 0.29) is 17.9 Å². The number of carbonyl (C=O) groups is 1. The number of hydrogen-bond acceptors (Lipinski definition) is 6. The molecular weight excluding hydrogens is 346 g/mol. The molecule has 0 aliphatic carbocycles. The third-order valence-electron chi connectivity index (χ3n) is 4.85. The second-order valence-corrected chi connectivity index (χ2v) is 6.76. The standard InChI is InChI=1S/C19H21N5O3/c1-12-7-14(27-23-12)8-13-10-24(11-18(13)26-2)19(25)17-9-16(21-22-17)15-5-3-4-6-20-15/h3-7,9,13,18H,8,10-11H2,1-2H3,(H,21,22)/t13-,18+/m1/s1. The quantitative estimate of drug-likeness (QED) is 0.742. The van der Waals surface area contributed by atoms with Crippen LogP contribution in [0.4, 0.5) is 0 Å². The van der Waals surface area contributed by atoms with Crippen molar-refractivity contribution in [2.24, 2.45) is 5.92 Å². The van der Waals surface area contributed by atoms with E-state index in [9.17, 15) is 4.79 Å². The molecule has 140 valence electrons. The Balaban J connectivity index is 1.47. The third kappa shape index (κ3) is 3.61. The van der Waals surface area contributed by atoms with Gasteiger partial charge in [0.2, 0.25) is 0 Å². The van der Waals surface area contributed by atoms with Crippen molar-refractivity contribution in [1.82, 2.24) is 25.2 Å². The topological polar surface area (TPSA) is 97.1 Å². The highest BCUT2D eigenvalue weighted by Gasteiger charge is 2.37. The maximum atomic E-state index is 12.9. The average molecular weight is 367 g/mol. The van der Waals surface area contributed by atoms with Crippen molar-refractivity contribution in [1.29, 1.82) is 0 Å². The highest BCUT2D eigenvalue weighted by atomic mass is 16.5. The lowest BCUT2D eigenvalue weighted by Gasteiger charge is -2.14. The fraction of sp³-hybridized carbons (Fsp3) is 0.368. The molecule has 2 atom stereocenters. The van der Waals surface area contributed by atoms with Crippen molar-refractivity contribution < 1.29 is 14.1 Å². The molecule has 8 heteroatoms. The first-order valence-corrected chi connectivity index (χ1v) is 8.85. The van der Waals surface area contributed by atoms with Gasteiger partial charge in [0.1, 0.15) is 17.1 Å². The average Bonchev–Trinajstić information content (AvgIpc) is 3.42. The number of nitrogens with one attached hydrogen (secondary N) is 1. The Hall–Kier alpha value is -3.00. The van der Waals surface area contributed by atoms with Gasteiger partial charge in [0.25, 0.3) is 5.91 Å². The molecule has 0 spiro atoms. The van der Waals surface area contributed by atoms with Crippen LogP contribution in [0, 0.1) is 12.8 Å². The number of pyridine rings is 1. The first kappa shape index (κ1) is 17.4. The molecule has 3 aromatic heterocycles. The summed E-state index contributed by atoms with van der Waals surface area (Å²) in [4.78, 5) is 18.9. The van der Waals surface area contributed by atoms with Gasteiger partial charge in [-0.2, -0.15) is 5.10 Å². The molecule has 0 unspecified atom stereocenters. The van der Waals surface area contributed by atoms with Crippen molar-refractivity contribution in [3.8, 4) is 11.4 Å².